The highest BCUT2D eigenvalue weighted by Gasteiger charge is 2.26. The molecule has 6 nitrogen and oxygen atoms in total. The maximum Gasteiger partial charge on any atom is 0.166 e. The second-order valence-electron chi connectivity index (χ2n) is 14.3. The lowest BCUT2D eigenvalue weighted by Gasteiger charge is -2.15. The number of aromatic nitrogens is 4. The first-order chi connectivity index (χ1) is 27.2. The third-order valence-electron chi connectivity index (χ3n) is 11.1. The summed E-state index contributed by atoms with van der Waals surface area (Å²) in [6, 6.07) is 50.6. The lowest BCUT2D eigenvalue weighted by molar-refractivity contribution is 0.545. The standard InChI is InChI=1S/C49H30N4O2/c1-2-12-29(13-3-1)47-50-48(32-22-25-44-39(27-32)35-18-8-10-20-42(35)54-44)52-49(51-47)37-24-23-36-34-17-7-11-21-43(34)55-46(36)45(37)53-40-19-9-6-16-33(40)38-26-30-14-4-5-15-31(30)28-41(38)53/h1-10,12-20,22-28H,11,21H2. The van der Waals surface area contributed by atoms with E-state index in [1.165, 1.54) is 21.5 Å². The number of allylic oxidation sites excluding steroid dienone is 1. The second-order valence-corrected chi connectivity index (χ2v) is 14.3. The molecule has 7 aromatic carbocycles. The minimum Gasteiger partial charge on any atom is -0.458 e. The van der Waals surface area contributed by atoms with Gasteiger partial charge in [0, 0.05) is 55.6 Å². The maximum atomic E-state index is 6.95. The zero-order chi connectivity index (χ0) is 36.0. The quantitative estimate of drug-likeness (QED) is 0.182. The van der Waals surface area contributed by atoms with Gasteiger partial charge in [-0.25, -0.2) is 15.0 Å². The molecule has 4 heterocycles. The fourth-order valence-corrected chi connectivity index (χ4v) is 8.50. The molecule has 6 heteroatoms. The molecule has 55 heavy (non-hydrogen) atoms. The van der Waals surface area contributed by atoms with E-state index in [4.69, 9.17) is 23.8 Å². The van der Waals surface area contributed by atoms with Crippen molar-refractivity contribution in [2.24, 2.45) is 0 Å². The molecule has 0 N–H and O–H groups in total. The topological polar surface area (TPSA) is 69.9 Å². The molecule has 0 atom stereocenters. The average molecular weight is 707 g/mol. The van der Waals surface area contributed by atoms with Crippen molar-refractivity contribution in [1.29, 1.82) is 0 Å². The van der Waals surface area contributed by atoms with Crippen LogP contribution in [0.4, 0.5) is 0 Å². The van der Waals surface area contributed by atoms with Crippen LogP contribution >= 0.6 is 0 Å². The Hall–Kier alpha value is -7.31. The number of nitrogens with zero attached hydrogens (tertiary/aromatic N) is 4. The first-order valence-electron chi connectivity index (χ1n) is 18.7. The van der Waals surface area contributed by atoms with E-state index in [0.29, 0.717) is 17.5 Å². The van der Waals surface area contributed by atoms with Gasteiger partial charge in [0.05, 0.1) is 11.0 Å². The summed E-state index contributed by atoms with van der Waals surface area (Å²) in [5.74, 6) is 2.74. The van der Waals surface area contributed by atoms with Crippen molar-refractivity contribution >= 4 is 71.6 Å². The van der Waals surface area contributed by atoms with Crippen molar-refractivity contribution in [3.63, 3.8) is 0 Å². The van der Waals surface area contributed by atoms with Crippen LogP contribution in [-0.4, -0.2) is 19.5 Å². The number of hydrogen-bond donors (Lipinski definition) is 0. The van der Waals surface area contributed by atoms with Crippen LogP contribution in [0.1, 0.15) is 17.7 Å². The van der Waals surface area contributed by atoms with Crippen LogP contribution in [0, 0.1) is 0 Å². The fraction of sp³-hybridized carbons (Fsp3) is 0.0408. The minimum absolute atomic E-state index is 0.564. The third-order valence-corrected chi connectivity index (χ3v) is 11.1. The molecule has 0 radical (unpaired) electrons. The van der Waals surface area contributed by atoms with Gasteiger partial charge >= 0.3 is 0 Å². The lowest BCUT2D eigenvalue weighted by Crippen LogP contribution is -2.04. The Morgan fingerprint density at radius 1 is 0.491 bits per heavy atom. The van der Waals surface area contributed by atoms with E-state index in [1.54, 1.807) is 0 Å². The molecule has 11 aromatic rings. The fourth-order valence-electron chi connectivity index (χ4n) is 8.50. The summed E-state index contributed by atoms with van der Waals surface area (Å²) >= 11 is 0. The molecule has 0 aliphatic heterocycles. The molecule has 0 fully saturated rings. The molecule has 1 aliphatic rings. The Kier molecular flexibility index (Phi) is 6.36. The van der Waals surface area contributed by atoms with Crippen molar-refractivity contribution in [2.45, 2.75) is 12.8 Å². The smallest absolute Gasteiger partial charge is 0.166 e. The van der Waals surface area contributed by atoms with Gasteiger partial charge in [0.15, 0.2) is 23.1 Å². The second kappa shape index (κ2) is 11.6. The van der Waals surface area contributed by atoms with Gasteiger partial charge in [-0.15, -0.1) is 0 Å². The van der Waals surface area contributed by atoms with Crippen molar-refractivity contribution in [1.82, 2.24) is 19.5 Å². The van der Waals surface area contributed by atoms with Gasteiger partial charge in [0.1, 0.15) is 22.6 Å². The Morgan fingerprint density at radius 2 is 1.22 bits per heavy atom. The number of fused-ring (bicyclic) bond motifs is 10. The van der Waals surface area contributed by atoms with Crippen LogP contribution in [0.5, 0.6) is 0 Å². The van der Waals surface area contributed by atoms with Crippen LogP contribution in [0.25, 0.3) is 111 Å². The summed E-state index contributed by atoms with van der Waals surface area (Å²) < 4.78 is 15.5. The van der Waals surface area contributed by atoms with Crippen LogP contribution in [0.3, 0.4) is 0 Å². The maximum absolute atomic E-state index is 6.95. The molecule has 0 unspecified atom stereocenters. The first-order valence-corrected chi connectivity index (χ1v) is 18.7. The van der Waals surface area contributed by atoms with E-state index < -0.39 is 0 Å². The van der Waals surface area contributed by atoms with Crippen LogP contribution in [0.15, 0.2) is 161 Å². The van der Waals surface area contributed by atoms with Crippen LogP contribution < -0.4 is 0 Å². The van der Waals surface area contributed by atoms with Gasteiger partial charge in [0.25, 0.3) is 0 Å². The molecule has 0 spiro atoms. The van der Waals surface area contributed by atoms with Crippen molar-refractivity contribution in [3.8, 4) is 39.9 Å². The molecule has 4 aromatic heterocycles. The third kappa shape index (κ3) is 4.58. The van der Waals surface area contributed by atoms with E-state index in [2.05, 4.69) is 102 Å². The first kappa shape index (κ1) is 30.2. The van der Waals surface area contributed by atoms with Gasteiger partial charge in [-0.1, -0.05) is 103 Å². The number of benzene rings is 7. The number of rotatable bonds is 4. The van der Waals surface area contributed by atoms with E-state index >= 15 is 0 Å². The Bertz CT molecular complexity index is 3390. The summed E-state index contributed by atoms with van der Waals surface area (Å²) in [7, 11) is 0. The predicted molar refractivity (Wildman–Crippen MR) is 222 cm³/mol. The zero-order valence-corrected chi connectivity index (χ0v) is 29.5. The molecular weight excluding hydrogens is 677 g/mol. The van der Waals surface area contributed by atoms with Gasteiger partial charge in [-0.3, -0.25) is 0 Å². The predicted octanol–water partition coefficient (Wildman–Crippen LogP) is 12.7. The highest BCUT2D eigenvalue weighted by molar-refractivity contribution is 6.15. The Balaban J connectivity index is 1.19. The molecule has 0 amide bonds. The largest absolute Gasteiger partial charge is 0.458 e. The summed E-state index contributed by atoms with van der Waals surface area (Å²) in [4.78, 5) is 15.7. The summed E-state index contributed by atoms with van der Waals surface area (Å²) in [6.07, 6.45) is 6.25. The Morgan fingerprint density at radius 3 is 2.11 bits per heavy atom. The van der Waals surface area contributed by atoms with E-state index in [-0.39, 0.29) is 0 Å². The molecule has 1 aliphatic carbocycles. The van der Waals surface area contributed by atoms with Crippen molar-refractivity contribution in [3.05, 3.63) is 163 Å². The van der Waals surface area contributed by atoms with Gasteiger partial charge in [-0.05, 0) is 71.8 Å². The zero-order valence-electron chi connectivity index (χ0n) is 29.5. The van der Waals surface area contributed by atoms with Gasteiger partial charge < -0.3 is 13.4 Å². The highest BCUT2D eigenvalue weighted by Crippen LogP contribution is 2.44. The minimum atomic E-state index is 0.564. The molecule has 12 rings (SSSR count). The van der Waals surface area contributed by atoms with Crippen molar-refractivity contribution < 1.29 is 8.83 Å². The number of aryl methyl sites for hydroxylation is 1. The van der Waals surface area contributed by atoms with Gasteiger partial charge in [0.2, 0.25) is 0 Å². The molecule has 0 saturated heterocycles. The number of hydrogen-bond acceptors (Lipinski definition) is 5. The summed E-state index contributed by atoms with van der Waals surface area (Å²) in [6.45, 7) is 0. The van der Waals surface area contributed by atoms with E-state index in [0.717, 1.165) is 90.5 Å². The van der Waals surface area contributed by atoms with Crippen LogP contribution in [-0.2, 0) is 6.42 Å². The number of para-hydroxylation sites is 2. The number of furan rings is 2. The average Bonchev–Trinajstić information content (AvgIpc) is 3.92. The summed E-state index contributed by atoms with van der Waals surface area (Å²) in [5, 5.41) is 7.87. The Labute approximate surface area is 314 Å². The SMILES string of the molecule is C1=Cc2c(oc3c(-n4c5ccccc5c5cc6ccccc6cc54)c(-c4nc(-c5ccccc5)nc(-c5ccc6oc7ccccc7c6c5)n4)ccc23)CC1. The highest BCUT2D eigenvalue weighted by atomic mass is 16.3. The normalized spacial score (nSPS) is 12.9. The summed E-state index contributed by atoms with van der Waals surface area (Å²) in [5.41, 5.74) is 9.37. The monoisotopic (exact) mass is 706 g/mol. The molecule has 0 bridgehead atoms. The van der Waals surface area contributed by atoms with E-state index in [1.807, 2.05) is 60.7 Å². The van der Waals surface area contributed by atoms with Crippen LogP contribution in [0.2, 0.25) is 0 Å². The van der Waals surface area contributed by atoms with Gasteiger partial charge in [-0.2, -0.15) is 0 Å². The van der Waals surface area contributed by atoms with Crippen molar-refractivity contribution in [2.75, 3.05) is 0 Å². The molecule has 0 saturated carbocycles. The lowest BCUT2D eigenvalue weighted by atomic mass is 10.0. The van der Waals surface area contributed by atoms with E-state index in [9.17, 15) is 0 Å². The molecule has 258 valence electrons. The molecular formula is C49H30N4O2.